The van der Waals surface area contributed by atoms with E-state index in [1.165, 1.54) is 0 Å². The highest BCUT2D eigenvalue weighted by Gasteiger charge is 2.17. The van der Waals surface area contributed by atoms with Gasteiger partial charge in [-0.3, -0.25) is 9.69 Å². The van der Waals surface area contributed by atoms with Gasteiger partial charge in [0.2, 0.25) is 0 Å². The summed E-state index contributed by atoms with van der Waals surface area (Å²) in [4.78, 5) is 14.6. The average molecular weight is 316 g/mol. The number of carbonyl (C=O) groups excluding carboxylic acids is 1. The third kappa shape index (κ3) is 5.82. The molecular weight excluding hydrogens is 293 g/mol. The van der Waals surface area contributed by atoms with Crippen molar-refractivity contribution in [1.82, 2.24) is 4.90 Å². The fourth-order valence-electron chi connectivity index (χ4n) is 2.24. The van der Waals surface area contributed by atoms with E-state index < -0.39 is 0 Å². The minimum Gasteiger partial charge on any atom is -0.295 e. The molecule has 0 aliphatic rings. The predicted molar refractivity (Wildman–Crippen MR) is 86.9 cm³/mol. The molecule has 0 N–H and O–H groups in total. The number of benzene rings is 1. The zero-order chi connectivity index (χ0) is 15.3. The topological polar surface area (TPSA) is 20.3 Å². The van der Waals surface area contributed by atoms with Gasteiger partial charge < -0.3 is 0 Å². The van der Waals surface area contributed by atoms with Crippen LogP contribution in [0.5, 0.6) is 0 Å². The maximum absolute atomic E-state index is 12.4. The van der Waals surface area contributed by atoms with Crippen molar-refractivity contribution in [1.29, 1.82) is 0 Å². The molecule has 0 aliphatic heterocycles. The third-order valence-corrected chi connectivity index (χ3v) is 3.39. The van der Waals surface area contributed by atoms with Crippen molar-refractivity contribution in [3.8, 4) is 0 Å². The van der Waals surface area contributed by atoms with Gasteiger partial charge in [-0.15, -0.1) is 0 Å². The largest absolute Gasteiger partial charge is 0.295 e. The Kier molecular flexibility index (Phi) is 7.01. The van der Waals surface area contributed by atoms with E-state index in [1.807, 2.05) is 0 Å². The van der Waals surface area contributed by atoms with Crippen molar-refractivity contribution in [2.24, 2.45) is 11.8 Å². The minimum atomic E-state index is 0.0490. The van der Waals surface area contributed by atoms with Gasteiger partial charge in [-0.25, -0.2) is 0 Å². The molecule has 0 saturated heterocycles. The Morgan fingerprint density at radius 3 is 2.10 bits per heavy atom. The van der Waals surface area contributed by atoms with Crippen molar-refractivity contribution in [2.45, 2.75) is 27.7 Å². The van der Waals surface area contributed by atoms with Crippen LogP contribution in [0, 0.1) is 11.8 Å². The number of nitrogens with zero attached hydrogens (tertiary/aromatic N) is 1. The number of Topliss-reactive ketones (excluding diaryl/α,β-unsaturated/α-hetero) is 1. The Hall–Kier alpha value is -0.570. The summed E-state index contributed by atoms with van der Waals surface area (Å²) in [6, 6.07) is 5.03. The Morgan fingerprint density at radius 2 is 1.65 bits per heavy atom. The van der Waals surface area contributed by atoms with Crippen LogP contribution in [0.4, 0.5) is 0 Å². The fourth-order valence-corrected chi connectivity index (χ4v) is 2.75. The number of halogens is 2. The zero-order valence-corrected chi connectivity index (χ0v) is 14.1. The maximum atomic E-state index is 12.4. The van der Waals surface area contributed by atoms with E-state index in [1.54, 1.807) is 18.2 Å². The minimum absolute atomic E-state index is 0.0490. The average Bonchev–Trinajstić information content (AvgIpc) is 2.26. The van der Waals surface area contributed by atoms with E-state index in [0.717, 1.165) is 13.1 Å². The van der Waals surface area contributed by atoms with Gasteiger partial charge in [-0.05, 0) is 30.0 Å². The highest BCUT2D eigenvalue weighted by Crippen LogP contribution is 2.21. The molecule has 1 rings (SSSR count). The third-order valence-electron chi connectivity index (χ3n) is 2.85. The molecule has 0 amide bonds. The monoisotopic (exact) mass is 315 g/mol. The van der Waals surface area contributed by atoms with Gasteiger partial charge >= 0.3 is 0 Å². The molecule has 0 aliphatic carbocycles. The van der Waals surface area contributed by atoms with Crippen LogP contribution in [0.15, 0.2) is 18.2 Å². The first-order valence-electron chi connectivity index (χ1n) is 7.00. The summed E-state index contributed by atoms with van der Waals surface area (Å²) in [5.74, 6) is 1.11. The van der Waals surface area contributed by atoms with Crippen LogP contribution >= 0.6 is 23.2 Å². The first kappa shape index (κ1) is 17.5. The second kappa shape index (κ2) is 8.02. The molecule has 1 aromatic carbocycles. The van der Waals surface area contributed by atoms with Gasteiger partial charge in [0.15, 0.2) is 5.78 Å². The molecule has 112 valence electrons. The molecule has 4 heteroatoms. The van der Waals surface area contributed by atoms with Gasteiger partial charge in [0.05, 0.1) is 11.6 Å². The maximum Gasteiger partial charge on any atom is 0.178 e. The van der Waals surface area contributed by atoms with E-state index in [0.29, 0.717) is 34.0 Å². The lowest BCUT2D eigenvalue weighted by molar-refractivity contribution is 0.0912. The number of ketones is 1. The predicted octanol–water partition coefficient (Wildman–Crippen LogP) is 4.79. The van der Waals surface area contributed by atoms with Gasteiger partial charge in [-0.2, -0.15) is 0 Å². The normalized spacial score (nSPS) is 11.7. The zero-order valence-electron chi connectivity index (χ0n) is 12.6. The summed E-state index contributed by atoms with van der Waals surface area (Å²) >= 11 is 12.0. The summed E-state index contributed by atoms with van der Waals surface area (Å²) in [5.41, 5.74) is 0.550. The van der Waals surface area contributed by atoms with Crippen molar-refractivity contribution in [2.75, 3.05) is 19.6 Å². The van der Waals surface area contributed by atoms with Crippen LogP contribution < -0.4 is 0 Å². The Morgan fingerprint density at radius 1 is 1.10 bits per heavy atom. The lowest BCUT2D eigenvalue weighted by atomic mass is 10.1. The SMILES string of the molecule is CC(C)CN(CC(=O)c1ccc(Cl)cc1Cl)CC(C)C. The summed E-state index contributed by atoms with van der Waals surface area (Å²) in [5, 5.41) is 0.976. The first-order chi connectivity index (χ1) is 9.29. The molecular formula is C16H23Cl2NO. The molecule has 0 saturated carbocycles. The molecule has 0 radical (unpaired) electrons. The highest BCUT2D eigenvalue weighted by atomic mass is 35.5. The van der Waals surface area contributed by atoms with Crippen molar-refractivity contribution < 1.29 is 4.79 Å². The van der Waals surface area contributed by atoms with Crippen LogP contribution in [0.1, 0.15) is 38.1 Å². The van der Waals surface area contributed by atoms with Crippen LogP contribution in [0.3, 0.4) is 0 Å². The fraction of sp³-hybridized carbons (Fsp3) is 0.562. The van der Waals surface area contributed by atoms with Crippen LogP contribution in [-0.2, 0) is 0 Å². The second-order valence-electron chi connectivity index (χ2n) is 6.03. The van der Waals surface area contributed by atoms with Crippen molar-refractivity contribution in [3.63, 3.8) is 0 Å². The molecule has 0 atom stereocenters. The van der Waals surface area contributed by atoms with E-state index in [-0.39, 0.29) is 5.78 Å². The van der Waals surface area contributed by atoms with E-state index in [2.05, 4.69) is 32.6 Å². The Balaban J connectivity index is 2.78. The standard InChI is InChI=1S/C16H23Cl2NO/c1-11(2)8-19(9-12(3)4)10-16(20)14-6-5-13(17)7-15(14)18/h5-7,11-12H,8-10H2,1-4H3. The van der Waals surface area contributed by atoms with Gasteiger partial charge in [0, 0.05) is 23.7 Å². The molecule has 2 nitrogen and oxygen atoms in total. The van der Waals surface area contributed by atoms with Gasteiger partial charge in [0.25, 0.3) is 0 Å². The van der Waals surface area contributed by atoms with E-state index >= 15 is 0 Å². The van der Waals surface area contributed by atoms with Crippen molar-refractivity contribution in [3.05, 3.63) is 33.8 Å². The molecule has 0 bridgehead atoms. The first-order valence-corrected chi connectivity index (χ1v) is 7.75. The summed E-state index contributed by atoms with van der Waals surface area (Å²) in [6.45, 7) is 10.9. The highest BCUT2D eigenvalue weighted by molar-refractivity contribution is 6.36. The second-order valence-corrected chi connectivity index (χ2v) is 6.87. The van der Waals surface area contributed by atoms with Crippen LogP contribution in [-0.4, -0.2) is 30.3 Å². The molecule has 0 aromatic heterocycles. The molecule has 20 heavy (non-hydrogen) atoms. The molecule has 1 aromatic rings. The molecule has 0 spiro atoms. The van der Waals surface area contributed by atoms with Crippen LogP contribution in [0.2, 0.25) is 10.0 Å². The smallest absolute Gasteiger partial charge is 0.178 e. The summed E-state index contributed by atoms with van der Waals surface area (Å²) < 4.78 is 0. The van der Waals surface area contributed by atoms with Crippen LogP contribution in [0.25, 0.3) is 0 Å². The number of hydrogen-bond donors (Lipinski definition) is 0. The molecule has 0 fully saturated rings. The Bertz CT molecular complexity index is 448. The lowest BCUT2D eigenvalue weighted by Gasteiger charge is -2.25. The Labute approximate surface area is 132 Å². The van der Waals surface area contributed by atoms with Gasteiger partial charge in [-0.1, -0.05) is 50.9 Å². The number of rotatable bonds is 7. The quantitative estimate of drug-likeness (QED) is 0.674. The lowest BCUT2D eigenvalue weighted by Crippen LogP contribution is -2.35. The van der Waals surface area contributed by atoms with E-state index in [9.17, 15) is 4.79 Å². The number of hydrogen-bond acceptors (Lipinski definition) is 2. The van der Waals surface area contributed by atoms with E-state index in [4.69, 9.17) is 23.2 Å². The van der Waals surface area contributed by atoms with Crippen molar-refractivity contribution >= 4 is 29.0 Å². The van der Waals surface area contributed by atoms with Gasteiger partial charge in [0.1, 0.15) is 0 Å². The number of carbonyl (C=O) groups is 1. The molecule has 0 heterocycles. The summed E-state index contributed by atoms with van der Waals surface area (Å²) in [6.07, 6.45) is 0. The molecule has 0 unspecified atom stereocenters. The summed E-state index contributed by atoms with van der Waals surface area (Å²) in [7, 11) is 0.